The highest BCUT2D eigenvalue weighted by molar-refractivity contribution is 5.94. The molecule has 0 atom stereocenters. The van der Waals surface area contributed by atoms with Gasteiger partial charge in [-0.3, -0.25) is 4.79 Å². The number of carbonyl (C=O) groups is 1. The summed E-state index contributed by atoms with van der Waals surface area (Å²) in [4.78, 5) is 11.7. The lowest BCUT2D eigenvalue weighted by Gasteiger charge is -2.06. The molecule has 1 aromatic heterocycles. The van der Waals surface area contributed by atoms with Gasteiger partial charge in [0.25, 0.3) is 5.91 Å². The quantitative estimate of drug-likeness (QED) is 0.900. The highest BCUT2D eigenvalue weighted by Gasteiger charge is 2.14. The highest BCUT2D eigenvalue weighted by Crippen LogP contribution is 2.10. The predicted molar refractivity (Wildman–Crippen MR) is 63.4 cm³/mol. The van der Waals surface area contributed by atoms with Crippen LogP contribution >= 0.6 is 0 Å². The van der Waals surface area contributed by atoms with Gasteiger partial charge in [-0.05, 0) is 12.1 Å². The molecule has 0 spiro atoms. The summed E-state index contributed by atoms with van der Waals surface area (Å²) in [5.74, 6) is -2.14. The molecule has 19 heavy (non-hydrogen) atoms. The first kappa shape index (κ1) is 13.1. The average molecular weight is 266 g/mol. The third-order valence-corrected chi connectivity index (χ3v) is 2.64. The van der Waals surface area contributed by atoms with E-state index < -0.39 is 17.5 Å². The van der Waals surface area contributed by atoms with Gasteiger partial charge in [0.15, 0.2) is 11.6 Å². The second-order valence-corrected chi connectivity index (χ2v) is 3.97. The Morgan fingerprint density at radius 1 is 1.42 bits per heavy atom. The Kier molecular flexibility index (Phi) is 3.84. The molecule has 0 aliphatic carbocycles. The summed E-state index contributed by atoms with van der Waals surface area (Å²) in [5.41, 5.74) is -0.307. The van der Waals surface area contributed by atoms with Crippen molar-refractivity contribution < 1.29 is 13.6 Å². The van der Waals surface area contributed by atoms with Gasteiger partial charge in [-0.25, -0.2) is 8.78 Å². The van der Waals surface area contributed by atoms with Crippen molar-refractivity contribution in [1.29, 1.82) is 0 Å². The summed E-state index contributed by atoms with van der Waals surface area (Å²) in [6, 6.07) is 3.48. The molecule has 100 valence electrons. The minimum atomic E-state index is -1.14. The van der Waals surface area contributed by atoms with Gasteiger partial charge in [0.05, 0.1) is 5.56 Å². The van der Waals surface area contributed by atoms with Gasteiger partial charge in [0.2, 0.25) is 0 Å². The van der Waals surface area contributed by atoms with Crippen molar-refractivity contribution in [1.82, 2.24) is 20.1 Å². The number of carbonyl (C=O) groups excluding carboxylic acids is 1. The predicted octanol–water partition coefficient (Wildman–Crippen LogP) is 1.07. The monoisotopic (exact) mass is 266 g/mol. The van der Waals surface area contributed by atoms with Crippen LogP contribution in [0.1, 0.15) is 16.2 Å². The van der Waals surface area contributed by atoms with Crippen molar-refractivity contribution in [3.8, 4) is 0 Å². The Balaban J connectivity index is 1.95. The van der Waals surface area contributed by atoms with Crippen LogP contribution in [0.5, 0.6) is 0 Å². The lowest BCUT2D eigenvalue weighted by molar-refractivity contribution is 0.0949. The van der Waals surface area contributed by atoms with E-state index in [1.165, 1.54) is 12.1 Å². The molecule has 0 saturated carbocycles. The standard InChI is InChI=1S/C12H12F2N4O/c1-18-7-16-17-10(18)5-6-15-12(19)8-3-2-4-9(13)11(8)14/h2-4,7H,5-6H2,1H3,(H,15,19). The summed E-state index contributed by atoms with van der Waals surface area (Å²) in [6.45, 7) is 0.265. The Hall–Kier alpha value is -2.31. The molecule has 0 aliphatic heterocycles. The zero-order valence-corrected chi connectivity index (χ0v) is 10.2. The highest BCUT2D eigenvalue weighted by atomic mass is 19.2. The molecule has 5 nitrogen and oxygen atoms in total. The number of aromatic nitrogens is 3. The number of rotatable bonds is 4. The molecule has 7 heteroatoms. The van der Waals surface area contributed by atoms with Crippen LogP contribution in [0.4, 0.5) is 8.78 Å². The number of hydrogen-bond donors (Lipinski definition) is 1. The summed E-state index contributed by atoms with van der Waals surface area (Å²) in [5, 5.41) is 10.0. The Labute approximate surface area is 108 Å². The van der Waals surface area contributed by atoms with E-state index >= 15 is 0 Å². The van der Waals surface area contributed by atoms with E-state index in [-0.39, 0.29) is 12.1 Å². The maximum absolute atomic E-state index is 13.4. The number of amides is 1. The maximum atomic E-state index is 13.4. The minimum absolute atomic E-state index is 0.265. The van der Waals surface area contributed by atoms with Gasteiger partial charge in [-0.15, -0.1) is 10.2 Å². The fourth-order valence-corrected chi connectivity index (χ4v) is 1.60. The number of nitrogens with zero attached hydrogens (tertiary/aromatic N) is 3. The van der Waals surface area contributed by atoms with Crippen molar-refractivity contribution in [2.45, 2.75) is 6.42 Å². The third kappa shape index (κ3) is 2.93. The van der Waals surface area contributed by atoms with E-state index in [0.29, 0.717) is 12.2 Å². The molecule has 1 amide bonds. The van der Waals surface area contributed by atoms with Gasteiger partial charge in [0, 0.05) is 20.0 Å². The summed E-state index contributed by atoms with van der Waals surface area (Å²) < 4.78 is 28.0. The topological polar surface area (TPSA) is 59.8 Å². The van der Waals surface area contributed by atoms with Crippen molar-refractivity contribution >= 4 is 5.91 Å². The van der Waals surface area contributed by atoms with E-state index in [9.17, 15) is 13.6 Å². The smallest absolute Gasteiger partial charge is 0.254 e. The summed E-state index contributed by atoms with van der Waals surface area (Å²) in [6.07, 6.45) is 2.00. The Morgan fingerprint density at radius 3 is 2.89 bits per heavy atom. The molecule has 2 aromatic rings. The molecule has 0 aliphatic rings. The molecular weight excluding hydrogens is 254 g/mol. The molecule has 1 heterocycles. The van der Waals surface area contributed by atoms with E-state index in [2.05, 4.69) is 15.5 Å². The molecule has 0 unspecified atom stereocenters. The fourth-order valence-electron chi connectivity index (χ4n) is 1.60. The lowest BCUT2D eigenvalue weighted by atomic mass is 10.2. The number of benzene rings is 1. The Morgan fingerprint density at radius 2 is 2.21 bits per heavy atom. The molecular formula is C12H12F2N4O. The molecule has 1 aromatic carbocycles. The summed E-state index contributed by atoms with van der Waals surface area (Å²) >= 11 is 0. The van der Waals surface area contributed by atoms with Crippen LogP contribution in [0.15, 0.2) is 24.5 Å². The van der Waals surface area contributed by atoms with Crippen LogP contribution in [0.3, 0.4) is 0 Å². The van der Waals surface area contributed by atoms with Gasteiger partial charge >= 0.3 is 0 Å². The minimum Gasteiger partial charge on any atom is -0.351 e. The van der Waals surface area contributed by atoms with E-state index in [1.807, 2.05) is 0 Å². The van der Waals surface area contributed by atoms with Gasteiger partial charge in [0.1, 0.15) is 12.2 Å². The van der Waals surface area contributed by atoms with E-state index in [1.54, 1.807) is 17.9 Å². The van der Waals surface area contributed by atoms with E-state index in [4.69, 9.17) is 0 Å². The number of hydrogen-bond acceptors (Lipinski definition) is 3. The molecule has 2 rings (SSSR count). The van der Waals surface area contributed by atoms with Crippen LogP contribution in [-0.4, -0.2) is 27.2 Å². The maximum Gasteiger partial charge on any atom is 0.254 e. The second-order valence-electron chi connectivity index (χ2n) is 3.97. The first-order valence-electron chi connectivity index (χ1n) is 5.64. The summed E-state index contributed by atoms with van der Waals surface area (Å²) in [7, 11) is 1.78. The number of aryl methyl sites for hydroxylation is 1. The molecule has 1 N–H and O–H groups in total. The SMILES string of the molecule is Cn1cnnc1CCNC(=O)c1cccc(F)c1F. The van der Waals surface area contributed by atoms with Crippen LogP contribution in [0.25, 0.3) is 0 Å². The normalized spacial score (nSPS) is 10.5. The van der Waals surface area contributed by atoms with Crippen molar-refractivity contribution in [2.24, 2.45) is 7.05 Å². The third-order valence-electron chi connectivity index (χ3n) is 2.64. The largest absolute Gasteiger partial charge is 0.351 e. The lowest BCUT2D eigenvalue weighted by Crippen LogP contribution is -2.27. The number of nitrogens with one attached hydrogen (secondary N) is 1. The van der Waals surface area contributed by atoms with Crippen LogP contribution in [0, 0.1) is 11.6 Å². The van der Waals surface area contributed by atoms with Gasteiger partial charge in [-0.2, -0.15) is 0 Å². The van der Waals surface area contributed by atoms with Crippen LogP contribution in [0.2, 0.25) is 0 Å². The zero-order chi connectivity index (χ0) is 13.8. The van der Waals surface area contributed by atoms with Gasteiger partial charge < -0.3 is 9.88 Å². The van der Waals surface area contributed by atoms with Crippen LogP contribution in [-0.2, 0) is 13.5 Å². The fraction of sp³-hybridized carbons (Fsp3) is 0.250. The number of halogens is 2. The second kappa shape index (κ2) is 5.55. The van der Waals surface area contributed by atoms with Crippen molar-refractivity contribution in [2.75, 3.05) is 6.54 Å². The van der Waals surface area contributed by atoms with E-state index in [0.717, 1.165) is 6.07 Å². The van der Waals surface area contributed by atoms with Crippen molar-refractivity contribution in [3.63, 3.8) is 0 Å². The first-order valence-corrected chi connectivity index (χ1v) is 5.64. The van der Waals surface area contributed by atoms with Crippen LogP contribution < -0.4 is 5.32 Å². The average Bonchev–Trinajstić information content (AvgIpc) is 2.78. The molecule has 0 radical (unpaired) electrons. The molecule has 0 saturated heterocycles. The van der Waals surface area contributed by atoms with Crippen molar-refractivity contribution in [3.05, 3.63) is 47.5 Å². The molecule has 0 bridgehead atoms. The van der Waals surface area contributed by atoms with Gasteiger partial charge in [-0.1, -0.05) is 6.07 Å². The first-order chi connectivity index (χ1) is 9.09. The zero-order valence-electron chi connectivity index (χ0n) is 10.2. The molecule has 0 fully saturated rings. The Bertz CT molecular complexity index is 597.